The molecule has 0 amide bonds. The van der Waals surface area contributed by atoms with Crippen LogP contribution >= 0.6 is 15.9 Å². The molecule has 1 heterocycles. The molecule has 0 bridgehead atoms. The van der Waals surface area contributed by atoms with Gasteiger partial charge >= 0.3 is 11.8 Å². The first-order valence-corrected chi connectivity index (χ1v) is 5.28. The van der Waals surface area contributed by atoms with Crippen LogP contribution in [0.5, 0.6) is 0 Å². The molecule has 0 atom stereocenters. The van der Waals surface area contributed by atoms with E-state index < -0.39 is 11.8 Å². The lowest BCUT2D eigenvalue weighted by Crippen LogP contribution is -2.30. The Labute approximate surface area is 92.3 Å². The monoisotopic (exact) mass is 278 g/mol. The first-order chi connectivity index (χ1) is 6.99. The van der Waals surface area contributed by atoms with Crippen LogP contribution in [0.3, 0.4) is 0 Å². The van der Waals surface area contributed by atoms with Gasteiger partial charge in [0.05, 0.1) is 0 Å². The lowest BCUT2D eigenvalue weighted by atomic mass is 10.0. The van der Waals surface area contributed by atoms with E-state index >= 15 is 0 Å². The van der Waals surface area contributed by atoms with E-state index in [0.717, 1.165) is 5.56 Å². The van der Waals surface area contributed by atoms with Crippen molar-refractivity contribution in [3.8, 4) is 0 Å². The Morgan fingerprint density at radius 3 is 2.40 bits per heavy atom. The van der Waals surface area contributed by atoms with Gasteiger partial charge in [0, 0.05) is 10.9 Å². The zero-order chi connectivity index (χ0) is 11.1. The molecular formula is C9H6BrF3N2. The Morgan fingerprint density at radius 2 is 1.93 bits per heavy atom. The molecule has 0 fully saturated rings. The van der Waals surface area contributed by atoms with Crippen molar-refractivity contribution in [1.82, 2.24) is 0 Å². The van der Waals surface area contributed by atoms with Crippen molar-refractivity contribution >= 4 is 15.9 Å². The summed E-state index contributed by atoms with van der Waals surface area (Å²) in [6.45, 7) is 0. The third kappa shape index (κ3) is 1.67. The molecule has 1 aliphatic rings. The normalized spacial score (nSPS) is 17.9. The van der Waals surface area contributed by atoms with Crippen LogP contribution in [0.2, 0.25) is 0 Å². The van der Waals surface area contributed by atoms with Gasteiger partial charge in [0.15, 0.2) is 0 Å². The predicted octanol–water partition coefficient (Wildman–Crippen LogP) is 3.76. The van der Waals surface area contributed by atoms with E-state index in [9.17, 15) is 13.2 Å². The minimum Gasteiger partial charge on any atom is -0.166 e. The van der Waals surface area contributed by atoms with Gasteiger partial charge in [-0.15, -0.1) is 10.2 Å². The van der Waals surface area contributed by atoms with Gasteiger partial charge in [-0.05, 0) is 5.56 Å². The topological polar surface area (TPSA) is 24.7 Å². The summed E-state index contributed by atoms with van der Waals surface area (Å²) in [7, 11) is 0. The van der Waals surface area contributed by atoms with E-state index in [1.165, 1.54) is 12.1 Å². The van der Waals surface area contributed by atoms with E-state index in [0.29, 0.717) is 5.33 Å². The van der Waals surface area contributed by atoms with Crippen LogP contribution in [0.25, 0.3) is 0 Å². The van der Waals surface area contributed by atoms with Crippen LogP contribution in [0.15, 0.2) is 34.5 Å². The fourth-order valence-electron chi connectivity index (χ4n) is 1.31. The second-order valence-corrected chi connectivity index (χ2v) is 3.76. The van der Waals surface area contributed by atoms with Crippen molar-refractivity contribution in [1.29, 1.82) is 0 Å². The van der Waals surface area contributed by atoms with Crippen LogP contribution in [0.4, 0.5) is 13.2 Å². The summed E-state index contributed by atoms with van der Waals surface area (Å²) < 4.78 is 37.9. The zero-order valence-corrected chi connectivity index (χ0v) is 9.01. The summed E-state index contributed by atoms with van der Waals surface area (Å²) in [6, 6.07) is 6.16. The number of alkyl halides is 4. The van der Waals surface area contributed by atoms with E-state index in [1.54, 1.807) is 12.1 Å². The summed E-state index contributed by atoms with van der Waals surface area (Å²) in [6.07, 6.45) is -4.45. The summed E-state index contributed by atoms with van der Waals surface area (Å²) in [4.78, 5) is 0. The molecule has 0 aromatic heterocycles. The quantitative estimate of drug-likeness (QED) is 0.736. The predicted molar refractivity (Wildman–Crippen MR) is 51.7 cm³/mol. The lowest BCUT2D eigenvalue weighted by molar-refractivity contribution is -0.166. The van der Waals surface area contributed by atoms with E-state index in [2.05, 4.69) is 26.2 Å². The number of rotatable bonds is 2. The molecule has 1 aliphatic heterocycles. The van der Waals surface area contributed by atoms with Crippen molar-refractivity contribution in [3.63, 3.8) is 0 Å². The molecule has 0 saturated heterocycles. The first-order valence-electron chi connectivity index (χ1n) is 4.16. The minimum atomic E-state index is -4.45. The molecule has 0 radical (unpaired) electrons. The van der Waals surface area contributed by atoms with Crippen LogP contribution in [-0.2, 0) is 11.0 Å². The summed E-state index contributed by atoms with van der Waals surface area (Å²) in [5, 5.41) is 6.78. The highest BCUT2D eigenvalue weighted by Crippen LogP contribution is 2.52. The van der Waals surface area contributed by atoms with E-state index in [4.69, 9.17) is 0 Å². The van der Waals surface area contributed by atoms with Gasteiger partial charge in [-0.1, -0.05) is 40.2 Å². The highest BCUT2D eigenvalue weighted by atomic mass is 79.9. The number of nitrogens with zero attached hydrogens (tertiary/aromatic N) is 2. The van der Waals surface area contributed by atoms with Crippen molar-refractivity contribution in [3.05, 3.63) is 35.4 Å². The maximum atomic E-state index is 12.6. The summed E-state index contributed by atoms with van der Waals surface area (Å²) in [5.41, 5.74) is -1.45. The first kappa shape index (κ1) is 10.6. The van der Waals surface area contributed by atoms with E-state index in [1.807, 2.05) is 0 Å². The zero-order valence-electron chi connectivity index (χ0n) is 7.42. The van der Waals surface area contributed by atoms with Gasteiger partial charge in [0.25, 0.3) is 0 Å². The fourth-order valence-corrected chi connectivity index (χ4v) is 1.66. The second-order valence-electron chi connectivity index (χ2n) is 3.20. The third-order valence-electron chi connectivity index (χ3n) is 2.18. The molecule has 6 heteroatoms. The minimum absolute atomic E-state index is 0.0759. The lowest BCUT2D eigenvalue weighted by Gasteiger charge is -2.15. The van der Waals surface area contributed by atoms with Crippen LogP contribution in [0, 0.1) is 0 Å². The Bertz CT molecular complexity index is 408. The smallest absolute Gasteiger partial charge is 0.166 e. The van der Waals surface area contributed by atoms with Gasteiger partial charge in [-0.2, -0.15) is 13.2 Å². The summed E-state index contributed by atoms with van der Waals surface area (Å²) in [5.74, 6) is 0. The summed E-state index contributed by atoms with van der Waals surface area (Å²) >= 11 is 3.19. The van der Waals surface area contributed by atoms with Gasteiger partial charge in [0.1, 0.15) is 0 Å². The largest absolute Gasteiger partial charge is 0.442 e. The Morgan fingerprint density at radius 1 is 1.27 bits per heavy atom. The molecule has 80 valence electrons. The van der Waals surface area contributed by atoms with Crippen molar-refractivity contribution in [2.45, 2.75) is 17.2 Å². The molecule has 0 aliphatic carbocycles. The third-order valence-corrected chi connectivity index (χ3v) is 2.83. The maximum Gasteiger partial charge on any atom is 0.442 e. The average molecular weight is 279 g/mol. The molecule has 1 aromatic rings. The maximum absolute atomic E-state index is 12.6. The average Bonchev–Trinajstić information content (AvgIpc) is 2.97. The molecule has 2 rings (SSSR count). The Balaban J connectivity index is 2.38. The Hall–Kier alpha value is -0.910. The van der Waals surface area contributed by atoms with Crippen LogP contribution in [-0.4, -0.2) is 6.18 Å². The van der Waals surface area contributed by atoms with Gasteiger partial charge in [-0.3, -0.25) is 0 Å². The van der Waals surface area contributed by atoms with Gasteiger partial charge < -0.3 is 0 Å². The van der Waals surface area contributed by atoms with Gasteiger partial charge in [-0.25, -0.2) is 0 Å². The molecule has 0 N–H and O–H groups in total. The standard InChI is InChI=1S/C9H6BrF3N2/c10-5-6-2-1-3-7(4-6)8(14-15-8)9(11,12)13/h1-4H,5H2. The van der Waals surface area contributed by atoms with Crippen LogP contribution in [0.1, 0.15) is 11.1 Å². The second kappa shape index (κ2) is 3.30. The number of hydrogen-bond donors (Lipinski definition) is 0. The molecule has 1 aromatic carbocycles. The number of hydrogen-bond acceptors (Lipinski definition) is 2. The number of benzene rings is 1. The van der Waals surface area contributed by atoms with Crippen molar-refractivity contribution in [2.24, 2.45) is 10.2 Å². The van der Waals surface area contributed by atoms with Crippen molar-refractivity contribution < 1.29 is 13.2 Å². The molecule has 2 nitrogen and oxygen atoms in total. The Kier molecular flexibility index (Phi) is 2.33. The van der Waals surface area contributed by atoms with E-state index in [-0.39, 0.29) is 5.56 Å². The SMILES string of the molecule is FC(F)(F)C1(c2cccc(CBr)c2)N=N1. The highest BCUT2D eigenvalue weighted by Gasteiger charge is 2.65. The molecule has 15 heavy (non-hydrogen) atoms. The number of halogens is 4. The highest BCUT2D eigenvalue weighted by molar-refractivity contribution is 9.08. The van der Waals surface area contributed by atoms with Crippen molar-refractivity contribution in [2.75, 3.05) is 0 Å². The van der Waals surface area contributed by atoms with Gasteiger partial charge in [0.2, 0.25) is 0 Å². The molecule has 0 spiro atoms. The molecule has 0 saturated carbocycles. The molecular weight excluding hydrogens is 273 g/mol. The fraction of sp³-hybridized carbons (Fsp3) is 0.333. The van der Waals surface area contributed by atoms with Crippen LogP contribution < -0.4 is 0 Å². The molecule has 0 unspecified atom stereocenters.